The Hall–Kier alpha value is -1.34. The van der Waals surface area contributed by atoms with E-state index in [9.17, 15) is 8.42 Å². The first kappa shape index (κ1) is 11.2. The molecule has 2 rings (SSSR count). The lowest BCUT2D eigenvalue weighted by atomic mass is 10.3. The molecule has 0 aliphatic carbocycles. The van der Waals surface area contributed by atoms with Crippen molar-refractivity contribution in [2.75, 3.05) is 4.72 Å². The maximum atomic E-state index is 11.8. The average molecular weight is 302 g/mol. The van der Waals surface area contributed by atoms with Gasteiger partial charge in [-0.05, 0) is 28.1 Å². The van der Waals surface area contributed by atoms with Crippen LogP contribution in [-0.4, -0.2) is 18.6 Å². The molecule has 0 aliphatic rings. The standard InChI is InChI=1S/C9H8BrN3O2S/c10-8-3-1-2-4-9(8)13-16(14,15)7-5-11-12-6-7/h1-6,13H,(H,11,12). The van der Waals surface area contributed by atoms with Gasteiger partial charge in [-0.25, -0.2) is 8.42 Å². The van der Waals surface area contributed by atoms with Crippen LogP contribution in [0.1, 0.15) is 0 Å². The van der Waals surface area contributed by atoms with Crippen molar-refractivity contribution in [1.29, 1.82) is 0 Å². The van der Waals surface area contributed by atoms with Crippen LogP contribution < -0.4 is 4.72 Å². The van der Waals surface area contributed by atoms with E-state index in [2.05, 4.69) is 30.8 Å². The zero-order valence-corrected chi connectivity index (χ0v) is 10.4. The fourth-order valence-corrected chi connectivity index (χ4v) is 2.63. The highest BCUT2D eigenvalue weighted by molar-refractivity contribution is 9.10. The lowest BCUT2D eigenvalue weighted by Crippen LogP contribution is -2.12. The number of para-hydroxylation sites is 1. The second kappa shape index (κ2) is 4.26. The Morgan fingerprint density at radius 3 is 2.69 bits per heavy atom. The van der Waals surface area contributed by atoms with Crippen molar-refractivity contribution in [3.63, 3.8) is 0 Å². The topological polar surface area (TPSA) is 74.8 Å². The van der Waals surface area contributed by atoms with E-state index in [1.165, 1.54) is 12.4 Å². The van der Waals surface area contributed by atoms with Crippen LogP contribution in [0.25, 0.3) is 0 Å². The van der Waals surface area contributed by atoms with E-state index in [0.717, 1.165) is 0 Å². The van der Waals surface area contributed by atoms with Gasteiger partial charge in [0.15, 0.2) is 0 Å². The fourth-order valence-electron chi connectivity index (χ4n) is 1.13. The second-order valence-electron chi connectivity index (χ2n) is 3.02. The Balaban J connectivity index is 2.33. The number of rotatable bonds is 3. The molecule has 0 amide bonds. The smallest absolute Gasteiger partial charge is 0.265 e. The van der Waals surface area contributed by atoms with Crippen LogP contribution in [0, 0.1) is 0 Å². The van der Waals surface area contributed by atoms with Crippen LogP contribution in [0.5, 0.6) is 0 Å². The number of sulfonamides is 1. The minimum atomic E-state index is -3.57. The van der Waals surface area contributed by atoms with Crippen molar-refractivity contribution in [3.05, 3.63) is 41.1 Å². The summed E-state index contributed by atoms with van der Waals surface area (Å²) >= 11 is 3.26. The van der Waals surface area contributed by atoms with Crippen molar-refractivity contribution in [1.82, 2.24) is 10.2 Å². The molecule has 1 heterocycles. The minimum Gasteiger partial charge on any atom is -0.284 e. The van der Waals surface area contributed by atoms with Gasteiger partial charge in [0, 0.05) is 10.7 Å². The van der Waals surface area contributed by atoms with Gasteiger partial charge in [-0.1, -0.05) is 12.1 Å². The SMILES string of the molecule is O=S(=O)(Nc1ccccc1Br)c1cn[nH]c1. The summed E-state index contributed by atoms with van der Waals surface area (Å²) in [7, 11) is -3.57. The third-order valence-electron chi connectivity index (χ3n) is 1.90. The quantitative estimate of drug-likeness (QED) is 0.910. The Bertz CT molecular complexity index is 581. The van der Waals surface area contributed by atoms with Crippen LogP contribution in [0.2, 0.25) is 0 Å². The largest absolute Gasteiger partial charge is 0.284 e. The van der Waals surface area contributed by atoms with Gasteiger partial charge in [0.2, 0.25) is 0 Å². The Labute approximate surface area is 101 Å². The third kappa shape index (κ3) is 2.25. The summed E-state index contributed by atoms with van der Waals surface area (Å²) in [5.41, 5.74) is 0.490. The molecule has 84 valence electrons. The summed E-state index contributed by atoms with van der Waals surface area (Å²) in [6, 6.07) is 6.98. The monoisotopic (exact) mass is 301 g/mol. The van der Waals surface area contributed by atoms with E-state index in [-0.39, 0.29) is 4.90 Å². The molecule has 2 aromatic rings. The molecule has 0 radical (unpaired) electrons. The highest BCUT2D eigenvalue weighted by Crippen LogP contribution is 2.23. The number of aromatic nitrogens is 2. The number of halogens is 1. The van der Waals surface area contributed by atoms with E-state index in [4.69, 9.17) is 0 Å². The molecule has 1 aromatic carbocycles. The highest BCUT2D eigenvalue weighted by Gasteiger charge is 2.15. The highest BCUT2D eigenvalue weighted by atomic mass is 79.9. The molecule has 0 atom stereocenters. The molecule has 5 nitrogen and oxygen atoms in total. The molecule has 7 heteroatoms. The predicted octanol–water partition coefficient (Wildman–Crippen LogP) is 1.97. The van der Waals surface area contributed by atoms with Gasteiger partial charge in [0.1, 0.15) is 4.90 Å². The summed E-state index contributed by atoms with van der Waals surface area (Å²) in [4.78, 5) is 0.100. The van der Waals surface area contributed by atoms with Gasteiger partial charge in [-0.2, -0.15) is 5.10 Å². The van der Waals surface area contributed by atoms with Crippen molar-refractivity contribution in [2.24, 2.45) is 0 Å². The number of anilines is 1. The molecular weight excluding hydrogens is 294 g/mol. The van der Waals surface area contributed by atoms with E-state index < -0.39 is 10.0 Å². The number of hydrogen-bond acceptors (Lipinski definition) is 3. The van der Waals surface area contributed by atoms with Crippen LogP contribution >= 0.6 is 15.9 Å². The maximum absolute atomic E-state index is 11.8. The molecule has 2 N–H and O–H groups in total. The fraction of sp³-hybridized carbons (Fsp3) is 0. The second-order valence-corrected chi connectivity index (χ2v) is 5.56. The first-order valence-corrected chi connectivity index (χ1v) is 6.63. The summed E-state index contributed by atoms with van der Waals surface area (Å²) < 4.78 is 26.8. The van der Waals surface area contributed by atoms with Crippen LogP contribution in [0.15, 0.2) is 46.0 Å². The van der Waals surface area contributed by atoms with Gasteiger partial charge in [-0.15, -0.1) is 0 Å². The summed E-state index contributed by atoms with van der Waals surface area (Å²) in [5, 5.41) is 6.05. The first-order chi connectivity index (χ1) is 7.59. The normalized spacial score (nSPS) is 11.3. The third-order valence-corrected chi connectivity index (χ3v) is 3.93. The van der Waals surface area contributed by atoms with Crippen LogP contribution in [-0.2, 0) is 10.0 Å². The number of nitrogens with one attached hydrogen (secondary N) is 2. The Kier molecular flexibility index (Phi) is 2.97. The predicted molar refractivity (Wildman–Crippen MR) is 63.5 cm³/mol. The van der Waals surface area contributed by atoms with E-state index in [1.54, 1.807) is 24.3 Å². The maximum Gasteiger partial charge on any atom is 0.265 e. The zero-order chi connectivity index (χ0) is 11.6. The number of hydrogen-bond donors (Lipinski definition) is 2. The average Bonchev–Trinajstić information content (AvgIpc) is 2.75. The van der Waals surface area contributed by atoms with E-state index in [0.29, 0.717) is 10.2 Å². The molecule has 0 unspecified atom stereocenters. The minimum absolute atomic E-state index is 0.100. The summed E-state index contributed by atoms with van der Waals surface area (Å²) in [5.74, 6) is 0. The van der Waals surface area contributed by atoms with Crippen molar-refractivity contribution >= 4 is 31.6 Å². The number of benzene rings is 1. The lowest BCUT2D eigenvalue weighted by molar-refractivity contribution is 0.601. The Morgan fingerprint density at radius 1 is 1.31 bits per heavy atom. The molecular formula is C9H8BrN3O2S. The number of aromatic amines is 1. The van der Waals surface area contributed by atoms with Crippen LogP contribution in [0.3, 0.4) is 0 Å². The molecule has 0 spiro atoms. The Morgan fingerprint density at radius 2 is 2.06 bits per heavy atom. The molecule has 16 heavy (non-hydrogen) atoms. The molecule has 0 aliphatic heterocycles. The van der Waals surface area contributed by atoms with Crippen LogP contribution in [0.4, 0.5) is 5.69 Å². The van der Waals surface area contributed by atoms with Gasteiger partial charge in [0.05, 0.1) is 11.9 Å². The number of nitrogens with zero attached hydrogens (tertiary/aromatic N) is 1. The number of H-pyrrole nitrogens is 1. The van der Waals surface area contributed by atoms with E-state index in [1.807, 2.05) is 0 Å². The molecule has 0 saturated carbocycles. The molecule has 1 aromatic heterocycles. The molecule has 0 saturated heterocycles. The van der Waals surface area contributed by atoms with Gasteiger partial charge in [-0.3, -0.25) is 9.82 Å². The van der Waals surface area contributed by atoms with Gasteiger partial charge < -0.3 is 0 Å². The lowest BCUT2D eigenvalue weighted by Gasteiger charge is -2.07. The van der Waals surface area contributed by atoms with Gasteiger partial charge in [0.25, 0.3) is 10.0 Å². The van der Waals surface area contributed by atoms with E-state index >= 15 is 0 Å². The first-order valence-electron chi connectivity index (χ1n) is 4.36. The van der Waals surface area contributed by atoms with Crippen molar-refractivity contribution in [3.8, 4) is 0 Å². The summed E-state index contributed by atoms with van der Waals surface area (Å²) in [6.07, 6.45) is 2.57. The van der Waals surface area contributed by atoms with Gasteiger partial charge >= 0.3 is 0 Å². The van der Waals surface area contributed by atoms with Crippen molar-refractivity contribution in [2.45, 2.75) is 4.90 Å². The molecule has 0 bridgehead atoms. The van der Waals surface area contributed by atoms with Crippen molar-refractivity contribution < 1.29 is 8.42 Å². The molecule has 0 fully saturated rings. The zero-order valence-electron chi connectivity index (χ0n) is 8.01. The summed E-state index contributed by atoms with van der Waals surface area (Å²) in [6.45, 7) is 0.